The van der Waals surface area contributed by atoms with Crippen LogP contribution in [0, 0.1) is 6.08 Å². The quantitative estimate of drug-likeness (QED) is 0.273. The van der Waals surface area contributed by atoms with Crippen molar-refractivity contribution in [3.8, 4) is 0 Å². The molecule has 6 rings (SSSR count). The van der Waals surface area contributed by atoms with Crippen LogP contribution in [-0.4, -0.2) is 3.21 Å². The van der Waals surface area contributed by atoms with Crippen LogP contribution in [-0.2, 0) is 36.1 Å². The number of allylic oxidation sites excluding steroid dienone is 4. The normalized spacial score (nSPS) is 11.5. The standard InChI is InChI=1S/C17H18.C13H9.C5H5.2ClH.Zr/c1-17(2,16-11-7-4-8-12-16)14-13-15-9-5-3-6-10-15;1-3-7-12-10(5-1)9-11-6-2-4-8-13(11)12;1-2-4-5-3-1;;;/h3-12H,13H2,1-2H3;1-9H;1-3H,4H2;2*1H;/q;2*-1;;;+2/p-2. The molecule has 0 amide bonds. The van der Waals surface area contributed by atoms with Crippen molar-refractivity contribution in [1.29, 1.82) is 0 Å². The molecular formula is C35H32Cl2Zr-2. The first-order valence-corrected chi connectivity index (χ1v) is 13.7. The molecule has 3 heteroatoms. The van der Waals surface area contributed by atoms with Crippen molar-refractivity contribution in [2.75, 3.05) is 0 Å². The van der Waals surface area contributed by atoms with Gasteiger partial charge < -0.3 is 24.8 Å². The number of fused-ring (bicyclic) bond motifs is 3. The van der Waals surface area contributed by atoms with Crippen LogP contribution in [0.2, 0.25) is 0 Å². The largest absolute Gasteiger partial charge is 1.00 e. The molecule has 38 heavy (non-hydrogen) atoms. The van der Waals surface area contributed by atoms with Crippen molar-refractivity contribution in [1.82, 2.24) is 0 Å². The molecule has 1 aliphatic rings. The summed E-state index contributed by atoms with van der Waals surface area (Å²) in [6, 6.07) is 40.8. The Balaban J connectivity index is 0.000000221. The first kappa shape index (κ1) is 31.8. The summed E-state index contributed by atoms with van der Waals surface area (Å²) in [6.07, 6.45) is 11.1. The van der Waals surface area contributed by atoms with E-state index in [-0.39, 0.29) is 30.2 Å². The maximum atomic E-state index is 2.99. The molecule has 0 unspecified atom stereocenters. The number of benzene rings is 4. The molecule has 0 fully saturated rings. The number of rotatable bonds is 4. The van der Waals surface area contributed by atoms with Gasteiger partial charge in [0, 0.05) is 0 Å². The van der Waals surface area contributed by atoms with Gasteiger partial charge in [-0.3, -0.25) is 6.08 Å². The van der Waals surface area contributed by atoms with Crippen LogP contribution in [0.5, 0.6) is 0 Å². The maximum absolute atomic E-state index is 2.99. The summed E-state index contributed by atoms with van der Waals surface area (Å²) in [6.45, 7) is 4.66. The zero-order valence-electron chi connectivity index (χ0n) is 21.9. The predicted octanol–water partition coefficient (Wildman–Crippen LogP) is 2.95. The topological polar surface area (TPSA) is 0 Å². The van der Waals surface area contributed by atoms with E-state index in [0.29, 0.717) is 0 Å². The summed E-state index contributed by atoms with van der Waals surface area (Å²) in [5.74, 6) is 0. The summed E-state index contributed by atoms with van der Waals surface area (Å²) in [7, 11) is 0. The van der Waals surface area contributed by atoms with Crippen molar-refractivity contribution >= 4 is 24.8 Å². The summed E-state index contributed by atoms with van der Waals surface area (Å²) in [5, 5.41) is 5.39. The van der Waals surface area contributed by atoms with Crippen LogP contribution in [0.4, 0.5) is 0 Å². The van der Waals surface area contributed by atoms with E-state index in [1.807, 2.05) is 12.2 Å². The average Bonchev–Trinajstić information content (AvgIpc) is 3.62. The molecule has 0 heterocycles. The van der Waals surface area contributed by atoms with E-state index in [0.717, 1.165) is 12.8 Å². The van der Waals surface area contributed by atoms with Gasteiger partial charge in [-0.2, -0.15) is 6.08 Å². The molecule has 0 spiro atoms. The minimum absolute atomic E-state index is 0. The van der Waals surface area contributed by atoms with Crippen LogP contribution >= 0.6 is 0 Å². The predicted molar refractivity (Wildman–Crippen MR) is 153 cm³/mol. The van der Waals surface area contributed by atoms with Gasteiger partial charge in [-0.25, -0.2) is 12.2 Å². The smallest absolute Gasteiger partial charge is 0.0771 e. The van der Waals surface area contributed by atoms with Crippen molar-refractivity contribution < 1.29 is 49.0 Å². The van der Waals surface area contributed by atoms with Crippen LogP contribution in [0.15, 0.2) is 133 Å². The molecule has 192 valence electrons. The first-order chi connectivity index (χ1) is 17.6. The summed E-state index contributed by atoms with van der Waals surface area (Å²) < 4.78 is 1.59. The van der Waals surface area contributed by atoms with Crippen LogP contribution < -0.4 is 24.8 Å². The molecule has 5 aromatic carbocycles. The molecule has 0 atom stereocenters. The Bertz CT molecular complexity index is 1400. The Morgan fingerprint density at radius 3 is 1.71 bits per heavy atom. The number of hydrogen-bond donors (Lipinski definition) is 0. The third-order valence-corrected chi connectivity index (χ3v) is 8.55. The fourth-order valence-electron chi connectivity index (χ4n) is 4.29. The average molecular weight is 615 g/mol. The van der Waals surface area contributed by atoms with Crippen molar-refractivity contribution in [2.45, 2.75) is 32.1 Å². The fraction of sp³-hybridized carbons (Fsp3) is 0.143. The Hall–Kier alpha value is -2.44. The molecule has 0 saturated heterocycles. The van der Waals surface area contributed by atoms with Gasteiger partial charge in [0.05, 0.1) is 0 Å². The van der Waals surface area contributed by atoms with Gasteiger partial charge in [0.15, 0.2) is 0 Å². The second kappa shape index (κ2) is 15.8. The Kier molecular flexibility index (Phi) is 13.3. The van der Waals surface area contributed by atoms with E-state index < -0.39 is 0 Å². The van der Waals surface area contributed by atoms with E-state index in [4.69, 9.17) is 0 Å². The van der Waals surface area contributed by atoms with Gasteiger partial charge in [-0.05, 0) is 0 Å². The molecule has 0 bridgehead atoms. The summed E-state index contributed by atoms with van der Waals surface area (Å²) in [4.78, 5) is 0. The third kappa shape index (κ3) is 8.54. The minimum atomic E-state index is 0. The molecular weight excluding hydrogens is 583 g/mol. The van der Waals surface area contributed by atoms with Crippen molar-refractivity contribution in [3.05, 3.63) is 151 Å². The van der Waals surface area contributed by atoms with Crippen molar-refractivity contribution in [3.63, 3.8) is 0 Å². The molecule has 0 radical (unpaired) electrons. The van der Waals surface area contributed by atoms with Gasteiger partial charge >= 0.3 is 125 Å². The number of halogens is 2. The Labute approximate surface area is 255 Å². The van der Waals surface area contributed by atoms with E-state index >= 15 is 0 Å². The number of hydrogen-bond acceptors (Lipinski definition) is 0. The van der Waals surface area contributed by atoms with Gasteiger partial charge in [0.25, 0.3) is 0 Å². The SMILES string of the molecule is CC(C)([C](=[Zr+2])Cc1ccccc1)c1ccccc1.[C-]1=CC=CC1.[Cl-].[Cl-].c1ccc2c(c1)[cH-]c1ccccc12. The zero-order chi connectivity index (χ0) is 25.2. The van der Waals surface area contributed by atoms with Crippen molar-refractivity contribution in [2.24, 2.45) is 0 Å². The third-order valence-electron chi connectivity index (χ3n) is 6.58. The van der Waals surface area contributed by atoms with Gasteiger partial charge in [0.1, 0.15) is 0 Å². The molecule has 0 aromatic heterocycles. The summed E-state index contributed by atoms with van der Waals surface area (Å²) in [5.41, 5.74) is 2.98. The molecule has 0 saturated carbocycles. The second-order valence-electron chi connectivity index (χ2n) is 9.45. The minimum Gasteiger partial charge on any atom is -1.00 e. The molecule has 0 aliphatic heterocycles. The van der Waals surface area contributed by atoms with Crippen LogP contribution in [0.1, 0.15) is 31.4 Å². The van der Waals surface area contributed by atoms with E-state index in [2.05, 4.69) is 141 Å². The summed E-state index contributed by atoms with van der Waals surface area (Å²) >= 11 is 1.53. The van der Waals surface area contributed by atoms with Gasteiger partial charge in [-0.1, -0.05) is 36.4 Å². The zero-order valence-corrected chi connectivity index (χ0v) is 25.8. The van der Waals surface area contributed by atoms with E-state index in [1.54, 1.807) is 3.21 Å². The van der Waals surface area contributed by atoms with Gasteiger partial charge in [0.2, 0.25) is 0 Å². The molecule has 1 aliphatic carbocycles. The Morgan fingerprint density at radius 2 is 1.24 bits per heavy atom. The molecule has 0 nitrogen and oxygen atoms in total. The van der Waals surface area contributed by atoms with Gasteiger partial charge in [-0.15, -0.1) is 46.2 Å². The van der Waals surface area contributed by atoms with E-state index in [9.17, 15) is 0 Å². The van der Waals surface area contributed by atoms with Crippen LogP contribution in [0.3, 0.4) is 0 Å². The molecule has 5 aromatic rings. The first-order valence-electron chi connectivity index (χ1n) is 12.5. The van der Waals surface area contributed by atoms with Crippen LogP contribution in [0.25, 0.3) is 21.5 Å². The molecule has 0 N–H and O–H groups in total. The monoisotopic (exact) mass is 612 g/mol. The Morgan fingerprint density at radius 1 is 0.737 bits per heavy atom. The maximum Gasteiger partial charge on any atom is -0.0771 e. The fourth-order valence-corrected chi connectivity index (χ4v) is 5.15. The second-order valence-corrected chi connectivity index (χ2v) is 10.9. The van der Waals surface area contributed by atoms with E-state index in [1.165, 1.54) is 56.9 Å².